The van der Waals surface area contributed by atoms with Crippen molar-refractivity contribution in [3.8, 4) is 5.75 Å². The largest absolute Gasteiger partial charge is 0.493 e. The van der Waals surface area contributed by atoms with Crippen molar-refractivity contribution in [2.45, 2.75) is 26.8 Å². The lowest BCUT2D eigenvalue weighted by molar-refractivity contribution is -0.142. The molecule has 1 rings (SSSR count). The van der Waals surface area contributed by atoms with E-state index in [9.17, 15) is 9.59 Å². The number of carbonyl (C=O) groups is 2. The predicted molar refractivity (Wildman–Crippen MR) is 81.0 cm³/mol. The first-order chi connectivity index (χ1) is 9.95. The van der Waals surface area contributed by atoms with Gasteiger partial charge in [0.25, 0.3) is 0 Å². The maximum Gasteiger partial charge on any atom is 0.326 e. The lowest BCUT2D eigenvalue weighted by Gasteiger charge is -2.16. The molecule has 0 aromatic heterocycles. The summed E-state index contributed by atoms with van der Waals surface area (Å²) >= 11 is 0. The van der Waals surface area contributed by atoms with Crippen molar-refractivity contribution in [2.24, 2.45) is 5.92 Å². The third-order valence-electron chi connectivity index (χ3n) is 2.86. The quantitative estimate of drug-likeness (QED) is 0.756. The summed E-state index contributed by atoms with van der Waals surface area (Å²) in [6.07, 6.45) is 2.93. The minimum Gasteiger partial charge on any atom is -0.493 e. The van der Waals surface area contributed by atoms with Crippen molar-refractivity contribution < 1.29 is 19.4 Å². The molecule has 0 aliphatic carbocycles. The molecule has 1 amide bonds. The fourth-order valence-corrected chi connectivity index (χ4v) is 1.79. The molecule has 0 aliphatic heterocycles. The van der Waals surface area contributed by atoms with Crippen molar-refractivity contribution in [2.75, 3.05) is 6.61 Å². The van der Waals surface area contributed by atoms with Crippen LogP contribution in [0.1, 0.15) is 26.3 Å². The van der Waals surface area contributed by atoms with Crippen LogP contribution >= 0.6 is 0 Å². The molecule has 0 radical (unpaired) electrons. The Kier molecular flexibility index (Phi) is 6.46. The molecule has 5 heteroatoms. The van der Waals surface area contributed by atoms with E-state index in [0.29, 0.717) is 12.4 Å². The Labute approximate surface area is 124 Å². The number of hydrogen-bond donors (Lipinski definition) is 2. The van der Waals surface area contributed by atoms with Crippen LogP contribution in [0.5, 0.6) is 5.75 Å². The van der Waals surface area contributed by atoms with Gasteiger partial charge in [0.2, 0.25) is 5.91 Å². The first kappa shape index (κ1) is 16.8. The van der Waals surface area contributed by atoms with Gasteiger partial charge in [-0.1, -0.05) is 32.0 Å². The number of benzene rings is 1. The molecule has 114 valence electrons. The van der Waals surface area contributed by atoms with Gasteiger partial charge in [-0.3, -0.25) is 4.79 Å². The molecule has 0 spiro atoms. The molecule has 2 N–H and O–H groups in total. The molecule has 0 fully saturated rings. The van der Waals surface area contributed by atoms with Gasteiger partial charge in [0.1, 0.15) is 11.8 Å². The lowest BCUT2D eigenvalue weighted by Crippen LogP contribution is -2.43. The van der Waals surface area contributed by atoms with Gasteiger partial charge in [0, 0.05) is 11.6 Å². The molecule has 0 aliphatic rings. The fourth-order valence-electron chi connectivity index (χ4n) is 1.79. The van der Waals surface area contributed by atoms with Crippen molar-refractivity contribution in [3.63, 3.8) is 0 Å². The van der Waals surface area contributed by atoms with Gasteiger partial charge in [0.15, 0.2) is 0 Å². The van der Waals surface area contributed by atoms with Crippen LogP contribution in [-0.2, 0) is 9.59 Å². The summed E-state index contributed by atoms with van der Waals surface area (Å²) < 4.78 is 5.45. The van der Waals surface area contributed by atoms with Crippen molar-refractivity contribution in [1.82, 2.24) is 5.32 Å². The standard InChI is InChI=1S/C16H21NO4/c1-4-21-13-8-6-5-7-12(13)9-10-14(18)17-15(11(2)3)16(19)20/h5-11,15H,4H2,1-3H3,(H,17,18)(H,19,20)/b10-9+/t15-/m0/s1. The molecule has 1 aromatic carbocycles. The summed E-state index contributed by atoms with van der Waals surface area (Å²) in [6.45, 7) is 5.90. The molecule has 21 heavy (non-hydrogen) atoms. The van der Waals surface area contributed by atoms with E-state index in [1.165, 1.54) is 6.08 Å². The molecule has 1 aromatic rings. The van der Waals surface area contributed by atoms with E-state index in [1.807, 2.05) is 31.2 Å². The number of carboxylic acids is 1. The Morgan fingerprint density at radius 3 is 2.57 bits per heavy atom. The molecule has 1 atom stereocenters. The highest BCUT2D eigenvalue weighted by Gasteiger charge is 2.22. The number of ether oxygens (including phenoxy) is 1. The number of carbonyl (C=O) groups excluding carboxylic acids is 1. The summed E-state index contributed by atoms with van der Waals surface area (Å²) in [5.74, 6) is -0.984. The monoisotopic (exact) mass is 291 g/mol. The highest BCUT2D eigenvalue weighted by Crippen LogP contribution is 2.19. The molecule has 0 saturated heterocycles. The zero-order valence-corrected chi connectivity index (χ0v) is 12.5. The Balaban J connectivity index is 2.76. The summed E-state index contributed by atoms with van der Waals surface area (Å²) in [6, 6.07) is 6.43. The zero-order chi connectivity index (χ0) is 15.8. The van der Waals surface area contributed by atoms with Gasteiger partial charge in [-0.25, -0.2) is 4.79 Å². The van der Waals surface area contributed by atoms with Gasteiger partial charge >= 0.3 is 5.97 Å². The Morgan fingerprint density at radius 2 is 2.00 bits per heavy atom. The predicted octanol–water partition coefficient (Wildman–Crippen LogP) is 2.32. The van der Waals surface area contributed by atoms with Gasteiger partial charge in [-0.05, 0) is 25.0 Å². The number of para-hydroxylation sites is 1. The maximum atomic E-state index is 11.8. The third kappa shape index (κ3) is 5.30. The third-order valence-corrected chi connectivity index (χ3v) is 2.86. The minimum atomic E-state index is -1.04. The summed E-state index contributed by atoms with van der Waals surface area (Å²) in [5, 5.41) is 11.5. The van der Waals surface area contributed by atoms with Gasteiger partial charge in [-0.15, -0.1) is 0 Å². The average molecular weight is 291 g/mol. The van der Waals surface area contributed by atoms with Crippen molar-refractivity contribution in [1.29, 1.82) is 0 Å². The van der Waals surface area contributed by atoms with Crippen LogP contribution in [0.3, 0.4) is 0 Å². The first-order valence-electron chi connectivity index (χ1n) is 6.89. The number of aliphatic carboxylic acids is 1. The Bertz CT molecular complexity index is 523. The van der Waals surface area contributed by atoms with E-state index in [2.05, 4.69) is 5.32 Å². The van der Waals surface area contributed by atoms with Gasteiger partial charge < -0.3 is 15.2 Å². The number of amides is 1. The normalized spacial score (nSPS) is 12.4. The van der Waals surface area contributed by atoms with Gasteiger partial charge in [0.05, 0.1) is 6.61 Å². The molecule has 0 bridgehead atoms. The van der Waals surface area contributed by atoms with Crippen LogP contribution in [0.25, 0.3) is 6.08 Å². The highest BCUT2D eigenvalue weighted by atomic mass is 16.5. The van der Waals surface area contributed by atoms with Crippen LogP contribution in [0.15, 0.2) is 30.3 Å². The zero-order valence-electron chi connectivity index (χ0n) is 12.5. The lowest BCUT2D eigenvalue weighted by atomic mass is 10.0. The topological polar surface area (TPSA) is 75.6 Å². The molecule has 0 heterocycles. The van der Waals surface area contributed by atoms with Crippen molar-refractivity contribution in [3.05, 3.63) is 35.9 Å². The molecular weight excluding hydrogens is 270 g/mol. The molecule has 0 saturated carbocycles. The van der Waals surface area contributed by atoms with E-state index in [4.69, 9.17) is 9.84 Å². The second-order valence-electron chi connectivity index (χ2n) is 4.87. The van der Waals surface area contributed by atoms with Crippen molar-refractivity contribution >= 4 is 18.0 Å². The van der Waals surface area contributed by atoms with Crippen LogP contribution in [0.4, 0.5) is 0 Å². The highest BCUT2D eigenvalue weighted by molar-refractivity contribution is 5.94. The Hall–Kier alpha value is -2.30. The molecule has 5 nitrogen and oxygen atoms in total. The Morgan fingerprint density at radius 1 is 1.33 bits per heavy atom. The molecular formula is C16H21NO4. The summed E-state index contributed by atoms with van der Waals surface area (Å²) in [5.41, 5.74) is 0.769. The molecule has 0 unspecified atom stereocenters. The summed E-state index contributed by atoms with van der Waals surface area (Å²) in [7, 11) is 0. The number of nitrogens with one attached hydrogen (secondary N) is 1. The smallest absolute Gasteiger partial charge is 0.326 e. The summed E-state index contributed by atoms with van der Waals surface area (Å²) in [4.78, 5) is 22.8. The SMILES string of the molecule is CCOc1ccccc1/C=C/C(=O)N[C@H](C(=O)O)C(C)C. The fraction of sp³-hybridized carbons (Fsp3) is 0.375. The average Bonchev–Trinajstić information content (AvgIpc) is 2.43. The van der Waals surface area contributed by atoms with Crippen LogP contribution in [0, 0.1) is 5.92 Å². The maximum absolute atomic E-state index is 11.8. The first-order valence-corrected chi connectivity index (χ1v) is 6.89. The van der Waals surface area contributed by atoms with Crippen LogP contribution in [0.2, 0.25) is 0 Å². The van der Waals surface area contributed by atoms with Gasteiger partial charge in [-0.2, -0.15) is 0 Å². The second kappa shape index (κ2) is 8.09. The van der Waals surface area contributed by atoms with E-state index < -0.39 is 17.9 Å². The van der Waals surface area contributed by atoms with E-state index >= 15 is 0 Å². The number of carboxylic acid groups (broad SMARTS) is 1. The number of rotatable bonds is 7. The van der Waals surface area contributed by atoms with E-state index in [1.54, 1.807) is 19.9 Å². The van der Waals surface area contributed by atoms with Crippen LogP contribution in [-0.4, -0.2) is 29.6 Å². The minimum absolute atomic E-state index is 0.185. The number of hydrogen-bond acceptors (Lipinski definition) is 3. The van der Waals surface area contributed by atoms with E-state index in [-0.39, 0.29) is 5.92 Å². The van der Waals surface area contributed by atoms with Crippen LogP contribution < -0.4 is 10.1 Å². The second-order valence-corrected chi connectivity index (χ2v) is 4.87. The van der Waals surface area contributed by atoms with E-state index in [0.717, 1.165) is 5.56 Å².